The summed E-state index contributed by atoms with van der Waals surface area (Å²) in [6, 6.07) is 18.8. The fourth-order valence-electron chi connectivity index (χ4n) is 3.21. The van der Waals surface area contributed by atoms with Gasteiger partial charge in [-0.2, -0.15) is 0 Å². The van der Waals surface area contributed by atoms with E-state index in [0.29, 0.717) is 17.0 Å². The maximum Gasteiger partial charge on any atom is 0.278 e. The molecular formula is C23H20N2O3S. The van der Waals surface area contributed by atoms with Crippen LogP contribution in [0.25, 0.3) is 5.57 Å². The molecule has 1 aliphatic rings. The maximum absolute atomic E-state index is 13.2. The second-order valence-electron chi connectivity index (χ2n) is 6.77. The van der Waals surface area contributed by atoms with Crippen molar-refractivity contribution >= 4 is 34.4 Å². The molecule has 1 aliphatic heterocycles. The lowest BCUT2D eigenvalue weighted by Crippen LogP contribution is -2.31. The Labute approximate surface area is 173 Å². The van der Waals surface area contributed by atoms with Crippen LogP contribution in [-0.2, 0) is 16.1 Å². The number of thiophene rings is 1. The van der Waals surface area contributed by atoms with Gasteiger partial charge in [0.15, 0.2) is 0 Å². The van der Waals surface area contributed by atoms with Crippen molar-refractivity contribution < 1.29 is 14.3 Å². The molecule has 6 heteroatoms. The Hall–Kier alpha value is -3.38. The first-order valence-electron chi connectivity index (χ1n) is 9.18. The molecule has 0 unspecified atom stereocenters. The van der Waals surface area contributed by atoms with Gasteiger partial charge < -0.3 is 10.1 Å². The molecule has 0 fully saturated rings. The standard InChI is InChI=1S/C23H20N2O3S/c1-15-8-10-16(11-9-15)14-25-22(26)20(19-7-4-12-29-19)21(23(25)27)24-17-5-3-6-18(13-17)28-2/h3-13,24H,14H2,1-2H3. The number of carbonyl (C=O) groups excluding carboxylic acids is 2. The zero-order chi connectivity index (χ0) is 20.4. The molecule has 0 radical (unpaired) electrons. The van der Waals surface area contributed by atoms with Gasteiger partial charge >= 0.3 is 0 Å². The van der Waals surface area contributed by atoms with Crippen LogP contribution in [0.3, 0.4) is 0 Å². The van der Waals surface area contributed by atoms with Crippen LogP contribution in [-0.4, -0.2) is 23.8 Å². The number of nitrogens with zero attached hydrogens (tertiary/aromatic N) is 1. The molecule has 0 spiro atoms. The average Bonchev–Trinajstić information content (AvgIpc) is 3.33. The lowest BCUT2D eigenvalue weighted by molar-refractivity contribution is -0.137. The molecule has 0 aliphatic carbocycles. The van der Waals surface area contributed by atoms with Gasteiger partial charge in [-0.15, -0.1) is 11.3 Å². The van der Waals surface area contributed by atoms with Crippen LogP contribution in [0.1, 0.15) is 16.0 Å². The summed E-state index contributed by atoms with van der Waals surface area (Å²) in [6.45, 7) is 2.23. The molecule has 0 saturated carbocycles. The van der Waals surface area contributed by atoms with Crippen LogP contribution < -0.4 is 10.1 Å². The summed E-state index contributed by atoms with van der Waals surface area (Å²) in [6.07, 6.45) is 0. The molecule has 2 heterocycles. The highest BCUT2D eigenvalue weighted by atomic mass is 32.1. The number of anilines is 1. The number of benzene rings is 2. The normalized spacial score (nSPS) is 13.9. The van der Waals surface area contributed by atoms with Gasteiger partial charge in [-0.1, -0.05) is 42.0 Å². The number of ether oxygens (including phenoxy) is 1. The van der Waals surface area contributed by atoms with Gasteiger partial charge in [0.25, 0.3) is 11.8 Å². The summed E-state index contributed by atoms with van der Waals surface area (Å²) in [5.41, 5.74) is 3.42. The zero-order valence-electron chi connectivity index (χ0n) is 16.1. The van der Waals surface area contributed by atoms with Gasteiger partial charge in [-0.25, -0.2) is 0 Å². The van der Waals surface area contributed by atoms with E-state index in [4.69, 9.17) is 4.74 Å². The monoisotopic (exact) mass is 404 g/mol. The zero-order valence-corrected chi connectivity index (χ0v) is 17.0. The molecule has 0 bridgehead atoms. The number of carbonyl (C=O) groups is 2. The number of amides is 2. The number of imide groups is 1. The van der Waals surface area contributed by atoms with Crippen LogP contribution in [0.5, 0.6) is 5.75 Å². The van der Waals surface area contributed by atoms with Crippen LogP contribution in [0.15, 0.2) is 71.7 Å². The van der Waals surface area contributed by atoms with Crippen molar-refractivity contribution in [2.45, 2.75) is 13.5 Å². The van der Waals surface area contributed by atoms with Crippen molar-refractivity contribution in [1.82, 2.24) is 4.90 Å². The number of nitrogens with one attached hydrogen (secondary N) is 1. The fraction of sp³-hybridized carbons (Fsp3) is 0.130. The predicted molar refractivity (Wildman–Crippen MR) is 115 cm³/mol. The lowest BCUT2D eigenvalue weighted by Gasteiger charge is -2.15. The summed E-state index contributed by atoms with van der Waals surface area (Å²) >= 11 is 1.44. The Kier molecular flexibility index (Phi) is 5.18. The minimum Gasteiger partial charge on any atom is -0.497 e. The van der Waals surface area contributed by atoms with E-state index in [1.165, 1.54) is 16.2 Å². The summed E-state index contributed by atoms with van der Waals surface area (Å²) in [4.78, 5) is 28.5. The number of methoxy groups -OCH3 is 1. The first-order chi connectivity index (χ1) is 14.1. The molecular weight excluding hydrogens is 384 g/mol. The Morgan fingerprint density at radius 3 is 2.48 bits per heavy atom. The summed E-state index contributed by atoms with van der Waals surface area (Å²) in [5.74, 6) is 0.0479. The van der Waals surface area contributed by atoms with E-state index in [2.05, 4.69) is 5.32 Å². The quantitative estimate of drug-likeness (QED) is 0.617. The molecule has 5 nitrogen and oxygen atoms in total. The Balaban J connectivity index is 1.69. The minimum atomic E-state index is -0.332. The topological polar surface area (TPSA) is 58.6 Å². The van der Waals surface area contributed by atoms with Gasteiger partial charge in [-0.3, -0.25) is 14.5 Å². The third-order valence-corrected chi connectivity index (χ3v) is 5.62. The highest BCUT2D eigenvalue weighted by molar-refractivity contribution is 7.11. The molecule has 146 valence electrons. The van der Waals surface area contributed by atoms with E-state index in [1.54, 1.807) is 13.2 Å². The molecule has 29 heavy (non-hydrogen) atoms. The van der Waals surface area contributed by atoms with E-state index in [-0.39, 0.29) is 24.1 Å². The van der Waals surface area contributed by atoms with E-state index >= 15 is 0 Å². The third kappa shape index (κ3) is 3.79. The summed E-state index contributed by atoms with van der Waals surface area (Å²) < 4.78 is 5.26. The van der Waals surface area contributed by atoms with Gasteiger partial charge in [0, 0.05) is 16.6 Å². The summed E-state index contributed by atoms with van der Waals surface area (Å²) in [7, 11) is 1.59. The third-order valence-electron chi connectivity index (χ3n) is 4.74. The second-order valence-corrected chi connectivity index (χ2v) is 7.71. The van der Waals surface area contributed by atoms with Crippen molar-refractivity contribution in [2.75, 3.05) is 12.4 Å². The number of hydrogen-bond acceptors (Lipinski definition) is 5. The van der Waals surface area contributed by atoms with E-state index in [0.717, 1.165) is 16.0 Å². The first-order valence-corrected chi connectivity index (χ1v) is 10.1. The van der Waals surface area contributed by atoms with E-state index in [9.17, 15) is 9.59 Å². The van der Waals surface area contributed by atoms with E-state index < -0.39 is 0 Å². The van der Waals surface area contributed by atoms with Crippen molar-refractivity contribution in [3.8, 4) is 5.75 Å². The van der Waals surface area contributed by atoms with Crippen LogP contribution in [0.4, 0.5) is 5.69 Å². The molecule has 2 aromatic carbocycles. The van der Waals surface area contributed by atoms with Crippen LogP contribution in [0.2, 0.25) is 0 Å². The maximum atomic E-state index is 13.2. The molecule has 0 atom stereocenters. The lowest BCUT2D eigenvalue weighted by atomic mass is 10.1. The highest BCUT2D eigenvalue weighted by Crippen LogP contribution is 2.34. The first kappa shape index (κ1) is 19.0. The van der Waals surface area contributed by atoms with Gasteiger partial charge in [0.2, 0.25) is 0 Å². The van der Waals surface area contributed by atoms with Crippen molar-refractivity contribution in [3.63, 3.8) is 0 Å². The van der Waals surface area contributed by atoms with Gasteiger partial charge in [-0.05, 0) is 36.1 Å². The number of aryl methyl sites for hydroxylation is 1. The Morgan fingerprint density at radius 2 is 1.79 bits per heavy atom. The predicted octanol–water partition coefficient (Wildman–Crippen LogP) is 4.46. The number of hydrogen-bond donors (Lipinski definition) is 1. The van der Waals surface area contributed by atoms with Gasteiger partial charge in [0.05, 0.1) is 19.2 Å². The molecule has 1 aromatic heterocycles. The van der Waals surface area contributed by atoms with Crippen LogP contribution in [0, 0.1) is 6.92 Å². The average molecular weight is 404 g/mol. The SMILES string of the molecule is COc1cccc(NC2=C(c3cccs3)C(=O)N(Cc3ccc(C)cc3)C2=O)c1. The second kappa shape index (κ2) is 7.93. The highest BCUT2D eigenvalue weighted by Gasteiger charge is 2.39. The minimum absolute atomic E-state index is 0.232. The molecule has 0 saturated heterocycles. The largest absolute Gasteiger partial charge is 0.497 e. The van der Waals surface area contributed by atoms with Crippen molar-refractivity contribution in [2.24, 2.45) is 0 Å². The van der Waals surface area contributed by atoms with Gasteiger partial charge in [0.1, 0.15) is 11.4 Å². The fourth-order valence-corrected chi connectivity index (χ4v) is 3.97. The molecule has 1 N–H and O–H groups in total. The number of rotatable bonds is 6. The molecule has 4 rings (SSSR count). The van der Waals surface area contributed by atoms with Crippen LogP contribution >= 0.6 is 11.3 Å². The molecule has 2 amide bonds. The van der Waals surface area contributed by atoms with E-state index in [1.807, 2.05) is 66.9 Å². The molecule has 3 aromatic rings. The van der Waals surface area contributed by atoms with Crippen molar-refractivity contribution in [3.05, 3.63) is 87.7 Å². The Morgan fingerprint density at radius 1 is 1.00 bits per heavy atom. The van der Waals surface area contributed by atoms with Crippen molar-refractivity contribution in [1.29, 1.82) is 0 Å². The smallest absolute Gasteiger partial charge is 0.278 e. The summed E-state index contributed by atoms with van der Waals surface area (Å²) in [5, 5.41) is 5.05. The Bertz CT molecular complexity index is 1090.